The molecule has 1 aromatic carbocycles. The van der Waals surface area contributed by atoms with E-state index in [4.69, 9.17) is 4.74 Å². The maximum atomic E-state index is 11.9. The van der Waals surface area contributed by atoms with Gasteiger partial charge in [0.05, 0.1) is 6.04 Å². The molecule has 116 valence electrons. The molecule has 0 saturated heterocycles. The molecule has 0 bridgehead atoms. The molecule has 21 heavy (non-hydrogen) atoms. The summed E-state index contributed by atoms with van der Waals surface area (Å²) in [6, 6.07) is 7.28. The molecule has 2 atom stereocenters. The molecule has 0 fully saturated rings. The Bertz CT molecular complexity index is 540. The number of nitrogens with one attached hydrogen (secondary N) is 2. The summed E-state index contributed by atoms with van der Waals surface area (Å²) < 4.78 is 17.1. The Morgan fingerprint density at radius 3 is 2.81 bits per heavy atom. The number of hydrogen-bond acceptors (Lipinski definition) is 3. The summed E-state index contributed by atoms with van der Waals surface area (Å²) in [5.74, 6) is 1.27. The van der Waals surface area contributed by atoms with Crippen LogP contribution in [0.3, 0.4) is 0 Å². The van der Waals surface area contributed by atoms with Gasteiger partial charge >= 0.3 is 6.03 Å². The molecule has 1 aromatic rings. The van der Waals surface area contributed by atoms with Gasteiger partial charge in [0.25, 0.3) is 0 Å². The third kappa shape index (κ3) is 4.20. The van der Waals surface area contributed by atoms with Crippen LogP contribution in [0, 0.1) is 0 Å². The van der Waals surface area contributed by atoms with Crippen LogP contribution in [0.25, 0.3) is 0 Å². The molecule has 0 aromatic heterocycles. The molecule has 2 rings (SSSR count). The predicted octanol–water partition coefficient (Wildman–Crippen LogP) is 1.97. The Kier molecular flexibility index (Phi) is 4.88. The zero-order valence-corrected chi connectivity index (χ0v) is 13.5. The number of para-hydroxylation sites is 1. The van der Waals surface area contributed by atoms with Gasteiger partial charge in [-0.2, -0.15) is 0 Å². The fourth-order valence-electron chi connectivity index (χ4n) is 2.05. The Hall–Kier alpha value is -1.56. The van der Waals surface area contributed by atoms with E-state index in [1.807, 2.05) is 45.0 Å². The van der Waals surface area contributed by atoms with Gasteiger partial charge in [0.2, 0.25) is 0 Å². The minimum atomic E-state index is -0.961. The summed E-state index contributed by atoms with van der Waals surface area (Å²) >= 11 is 0. The second kappa shape index (κ2) is 6.47. The van der Waals surface area contributed by atoms with E-state index >= 15 is 0 Å². The number of carbonyl (C=O) groups is 1. The normalized spacial score (nSPS) is 18.5. The quantitative estimate of drug-likeness (QED) is 0.893. The summed E-state index contributed by atoms with van der Waals surface area (Å²) in [4.78, 5) is 11.9. The average Bonchev–Trinajstić information content (AvgIpc) is 2.81. The van der Waals surface area contributed by atoms with Gasteiger partial charge in [-0.05, 0) is 26.8 Å². The highest BCUT2D eigenvalue weighted by Crippen LogP contribution is 2.31. The SMILES string of the molecule is CC(C)(C)[S@@](=O)CCNC(=O)N[C@H]1COc2ccccc21. The van der Waals surface area contributed by atoms with Crippen LogP contribution in [-0.2, 0) is 10.8 Å². The largest absolute Gasteiger partial charge is 0.491 e. The molecule has 1 aliphatic rings. The van der Waals surface area contributed by atoms with E-state index in [1.54, 1.807) is 0 Å². The first-order chi connectivity index (χ1) is 9.88. The summed E-state index contributed by atoms with van der Waals surface area (Å²) in [5.41, 5.74) is 0.992. The number of benzene rings is 1. The first-order valence-corrected chi connectivity index (χ1v) is 8.34. The first-order valence-electron chi connectivity index (χ1n) is 7.02. The number of urea groups is 1. The molecule has 2 amide bonds. The fourth-order valence-corrected chi connectivity index (χ4v) is 2.95. The van der Waals surface area contributed by atoms with E-state index in [0.717, 1.165) is 11.3 Å². The third-order valence-corrected chi connectivity index (χ3v) is 5.20. The van der Waals surface area contributed by atoms with Crippen molar-refractivity contribution in [2.24, 2.45) is 0 Å². The van der Waals surface area contributed by atoms with E-state index in [2.05, 4.69) is 10.6 Å². The minimum Gasteiger partial charge on any atom is -0.491 e. The van der Waals surface area contributed by atoms with Crippen molar-refractivity contribution in [3.63, 3.8) is 0 Å². The number of rotatable bonds is 4. The number of hydrogen-bond donors (Lipinski definition) is 2. The molecule has 1 aliphatic heterocycles. The molecule has 5 nitrogen and oxygen atoms in total. The summed E-state index contributed by atoms with van der Waals surface area (Å²) in [6.45, 7) is 6.62. The van der Waals surface area contributed by atoms with Gasteiger partial charge < -0.3 is 15.4 Å². The van der Waals surface area contributed by atoms with E-state index in [0.29, 0.717) is 18.9 Å². The molecule has 0 spiro atoms. The minimum absolute atomic E-state index is 0.130. The van der Waals surface area contributed by atoms with Crippen molar-refractivity contribution in [3.8, 4) is 5.75 Å². The van der Waals surface area contributed by atoms with Gasteiger partial charge in [-0.3, -0.25) is 4.21 Å². The van der Waals surface area contributed by atoms with Crippen LogP contribution in [0.15, 0.2) is 24.3 Å². The molecule has 1 heterocycles. The van der Waals surface area contributed by atoms with Gasteiger partial charge in [-0.25, -0.2) is 4.79 Å². The van der Waals surface area contributed by atoms with Crippen LogP contribution in [0.2, 0.25) is 0 Å². The lowest BCUT2D eigenvalue weighted by Gasteiger charge is -2.18. The number of carbonyl (C=O) groups excluding carboxylic acids is 1. The zero-order valence-electron chi connectivity index (χ0n) is 12.6. The number of ether oxygens (including phenoxy) is 1. The molecular weight excluding hydrogens is 288 g/mol. The first kappa shape index (κ1) is 15.8. The van der Waals surface area contributed by atoms with E-state index in [1.165, 1.54) is 0 Å². The Morgan fingerprint density at radius 1 is 1.38 bits per heavy atom. The standard InChI is InChI=1S/C15H22N2O3S/c1-15(2,3)21(19)9-8-16-14(18)17-12-10-20-13-7-5-4-6-11(12)13/h4-7,12H,8-10H2,1-3H3,(H2,16,17,18)/t12-,21-/m0/s1. The van der Waals surface area contributed by atoms with Gasteiger partial charge in [0, 0.05) is 33.4 Å². The van der Waals surface area contributed by atoms with Crippen molar-refractivity contribution in [2.75, 3.05) is 18.9 Å². The summed E-state index contributed by atoms with van der Waals surface area (Å²) in [6.07, 6.45) is 0. The molecule has 0 aliphatic carbocycles. The smallest absolute Gasteiger partial charge is 0.315 e. The molecule has 2 N–H and O–H groups in total. The van der Waals surface area contributed by atoms with Gasteiger partial charge in [-0.1, -0.05) is 18.2 Å². The highest BCUT2D eigenvalue weighted by atomic mass is 32.2. The Balaban J connectivity index is 1.78. The van der Waals surface area contributed by atoms with Gasteiger partial charge in [0.1, 0.15) is 12.4 Å². The van der Waals surface area contributed by atoms with Crippen LogP contribution < -0.4 is 15.4 Å². The third-order valence-electron chi connectivity index (χ3n) is 3.26. The lowest BCUT2D eigenvalue weighted by molar-refractivity contribution is 0.232. The van der Waals surface area contributed by atoms with Crippen LogP contribution in [0.1, 0.15) is 32.4 Å². The van der Waals surface area contributed by atoms with Crippen molar-refractivity contribution >= 4 is 16.8 Å². The summed E-state index contributed by atoms with van der Waals surface area (Å²) in [5, 5.41) is 5.62. The second-order valence-corrected chi connectivity index (χ2v) is 8.29. The topological polar surface area (TPSA) is 67.4 Å². The molecule has 6 heteroatoms. The van der Waals surface area contributed by atoms with Crippen molar-refractivity contribution in [3.05, 3.63) is 29.8 Å². The van der Waals surface area contributed by atoms with Crippen LogP contribution in [-0.4, -0.2) is 33.9 Å². The Morgan fingerprint density at radius 2 is 2.10 bits per heavy atom. The van der Waals surface area contributed by atoms with Gasteiger partial charge in [-0.15, -0.1) is 0 Å². The van der Waals surface area contributed by atoms with E-state index in [9.17, 15) is 9.00 Å². The van der Waals surface area contributed by atoms with Crippen LogP contribution >= 0.6 is 0 Å². The van der Waals surface area contributed by atoms with Crippen LogP contribution in [0.5, 0.6) is 5.75 Å². The van der Waals surface area contributed by atoms with Crippen molar-refractivity contribution in [1.82, 2.24) is 10.6 Å². The van der Waals surface area contributed by atoms with Gasteiger partial charge in [0.15, 0.2) is 0 Å². The average molecular weight is 310 g/mol. The van der Waals surface area contributed by atoms with E-state index < -0.39 is 10.8 Å². The lowest BCUT2D eigenvalue weighted by Crippen LogP contribution is -2.41. The second-order valence-electron chi connectivity index (χ2n) is 5.96. The van der Waals surface area contributed by atoms with Crippen molar-refractivity contribution < 1.29 is 13.7 Å². The highest BCUT2D eigenvalue weighted by molar-refractivity contribution is 7.86. The van der Waals surface area contributed by atoms with Crippen molar-refractivity contribution in [1.29, 1.82) is 0 Å². The molecule has 0 radical (unpaired) electrons. The maximum absolute atomic E-state index is 11.9. The highest BCUT2D eigenvalue weighted by Gasteiger charge is 2.25. The number of amides is 2. The maximum Gasteiger partial charge on any atom is 0.315 e. The number of fused-ring (bicyclic) bond motifs is 1. The predicted molar refractivity (Wildman–Crippen MR) is 84.0 cm³/mol. The zero-order chi connectivity index (χ0) is 15.5. The summed E-state index contributed by atoms with van der Waals surface area (Å²) in [7, 11) is -0.961. The van der Waals surface area contributed by atoms with Crippen molar-refractivity contribution in [2.45, 2.75) is 31.6 Å². The molecule has 0 saturated carbocycles. The monoisotopic (exact) mass is 310 g/mol. The molecule has 0 unspecified atom stereocenters. The fraction of sp³-hybridized carbons (Fsp3) is 0.533. The lowest BCUT2D eigenvalue weighted by atomic mass is 10.1. The Labute approximate surface area is 127 Å². The molecular formula is C15H22N2O3S. The van der Waals surface area contributed by atoms with Crippen LogP contribution in [0.4, 0.5) is 4.79 Å². The van der Waals surface area contributed by atoms with E-state index in [-0.39, 0.29) is 16.8 Å².